The van der Waals surface area contributed by atoms with E-state index in [1.54, 1.807) is 6.07 Å². The van der Waals surface area contributed by atoms with Crippen molar-refractivity contribution in [2.75, 3.05) is 13.6 Å². The Bertz CT molecular complexity index is 337. The van der Waals surface area contributed by atoms with Crippen LogP contribution in [0.25, 0.3) is 0 Å². The first-order chi connectivity index (χ1) is 8.04. The van der Waals surface area contributed by atoms with Crippen LogP contribution in [0.15, 0.2) is 12.1 Å². The van der Waals surface area contributed by atoms with Gasteiger partial charge in [0.1, 0.15) is 5.82 Å². The molecule has 17 heavy (non-hydrogen) atoms. The largest absolute Gasteiger partial charge is 0.302 e. The van der Waals surface area contributed by atoms with E-state index in [-0.39, 0.29) is 5.82 Å². The van der Waals surface area contributed by atoms with Crippen molar-refractivity contribution in [2.45, 2.75) is 46.6 Å². The van der Waals surface area contributed by atoms with E-state index in [0.29, 0.717) is 0 Å². The highest BCUT2D eigenvalue weighted by Gasteiger charge is 2.06. The minimum absolute atomic E-state index is 0.0815. The molecular weight excluding hydrogens is 213 g/mol. The molecule has 0 fully saturated rings. The minimum atomic E-state index is -0.0815. The van der Waals surface area contributed by atoms with Crippen molar-refractivity contribution in [1.29, 1.82) is 0 Å². The maximum atomic E-state index is 13.6. The number of halogens is 1. The molecule has 1 aromatic rings. The predicted octanol–water partition coefficient (Wildman–Crippen LogP) is 4.06. The lowest BCUT2D eigenvalue weighted by Crippen LogP contribution is -2.19. The summed E-state index contributed by atoms with van der Waals surface area (Å²) in [5.41, 5.74) is 2.88. The predicted molar refractivity (Wildman–Crippen MR) is 71.7 cm³/mol. The topological polar surface area (TPSA) is 3.24 Å². The first-order valence-electron chi connectivity index (χ1n) is 6.48. The Kier molecular flexibility index (Phi) is 5.63. The molecule has 0 unspecified atom stereocenters. The minimum Gasteiger partial charge on any atom is -0.302 e. The van der Waals surface area contributed by atoms with Gasteiger partial charge in [-0.2, -0.15) is 0 Å². The summed E-state index contributed by atoms with van der Waals surface area (Å²) in [7, 11) is 2.10. The van der Waals surface area contributed by atoms with Gasteiger partial charge in [-0.1, -0.05) is 25.8 Å². The summed E-state index contributed by atoms with van der Waals surface area (Å²) in [5.74, 6) is -0.0815. The van der Waals surface area contributed by atoms with Crippen molar-refractivity contribution in [3.63, 3.8) is 0 Å². The summed E-state index contributed by atoms with van der Waals surface area (Å²) in [6.07, 6.45) is 3.73. The van der Waals surface area contributed by atoms with Gasteiger partial charge in [0.05, 0.1) is 0 Å². The van der Waals surface area contributed by atoms with Gasteiger partial charge in [-0.3, -0.25) is 0 Å². The van der Waals surface area contributed by atoms with Gasteiger partial charge >= 0.3 is 0 Å². The van der Waals surface area contributed by atoms with Gasteiger partial charge in [-0.15, -0.1) is 0 Å². The number of unbranched alkanes of at least 4 members (excludes halogenated alkanes) is 2. The van der Waals surface area contributed by atoms with Crippen molar-refractivity contribution in [3.05, 3.63) is 34.6 Å². The lowest BCUT2D eigenvalue weighted by Gasteiger charge is -2.17. The lowest BCUT2D eigenvalue weighted by molar-refractivity contribution is 0.317. The van der Waals surface area contributed by atoms with Gasteiger partial charge in [-0.25, -0.2) is 4.39 Å². The standard InChI is InChI=1S/C15H24FN/c1-5-6-7-8-17(4)11-14-9-12(2)13(3)15(16)10-14/h9-10H,5-8,11H2,1-4H3. The van der Waals surface area contributed by atoms with Crippen LogP contribution in [0.5, 0.6) is 0 Å². The number of benzene rings is 1. The fourth-order valence-corrected chi connectivity index (χ4v) is 2.00. The second-order valence-electron chi connectivity index (χ2n) is 4.96. The van der Waals surface area contributed by atoms with Gasteiger partial charge in [0.25, 0.3) is 0 Å². The van der Waals surface area contributed by atoms with Gasteiger partial charge in [0.15, 0.2) is 0 Å². The molecule has 0 spiro atoms. The fourth-order valence-electron chi connectivity index (χ4n) is 2.00. The Morgan fingerprint density at radius 1 is 1.18 bits per heavy atom. The highest BCUT2D eigenvalue weighted by atomic mass is 19.1. The van der Waals surface area contributed by atoms with E-state index in [2.05, 4.69) is 24.9 Å². The molecule has 2 heteroatoms. The van der Waals surface area contributed by atoms with Crippen LogP contribution in [0.2, 0.25) is 0 Å². The maximum absolute atomic E-state index is 13.6. The molecule has 0 aliphatic carbocycles. The molecule has 0 bridgehead atoms. The third-order valence-electron chi connectivity index (χ3n) is 3.26. The van der Waals surface area contributed by atoms with Crippen LogP contribution >= 0.6 is 0 Å². The molecule has 1 nitrogen and oxygen atoms in total. The first kappa shape index (κ1) is 14.2. The number of hydrogen-bond acceptors (Lipinski definition) is 1. The average molecular weight is 237 g/mol. The van der Waals surface area contributed by atoms with Crippen molar-refractivity contribution < 1.29 is 4.39 Å². The molecule has 0 saturated heterocycles. The van der Waals surface area contributed by atoms with Gasteiger partial charge in [-0.05, 0) is 56.6 Å². The summed E-state index contributed by atoms with van der Waals surface area (Å²) in [6, 6.07) is 3.76. The Labute approximate surface area is 105 Å². The molecule has 0 N–H and O–H groups in total. The van der Waals surface area contributed by atoms with Crippen LogP contribution in [0.3, 0.4) is 0 Å². The number of hydrogen-bond donors (Lipinski definition) is 0. The van der Waals surface area contributed by atoms with E-state index in [9.17, 15) is 4.39 Å². The highest BCUT2D eigenvalue weighted by molar-refractivity contribution is 5.31. The lowest BCUT2D eigenvalue weighted by atomic mass is 10.1. The molecule has 0 aliphatic rings. The quantitative estimate of drug-likeness (QED) is 0.674. The average Bonchev–Trinajstić information content (AvgIpc) is 2.26. The van der Waals surface area contributed by atoms with Crippen LogP contribution in [0.1, 0.15) is 42.9 Å². The number of rotatable bonds is 6. The third kappa shape index (κ3) is 4.47. The number of aryl methyl sites for hydroxylation is 1. The number of nitrogens with zero attached hydrogens (tertiary/aromatic N) is 1. The normalized spacial score (nSPS) is 11.2. The molecule has 0 atom stereocenters. The summed E-state index contributed by atoms with van der Waals surface area (Å²) in [5, 5.41) is 0. The molecule has 0 radical (unpaired) electrons. The van der Waals surface area contributed by atoms with Crippen molar-refractivity contribution in [3.8, 4) is 0 Å². The molecule has 1 aromatic carbocycles. The van der Waals surface area contributed by atoms with Crippen molar-refractivity contribution in [1.82, 2.24) is 4.90 Å². The second-order valence-corrected chi connectivity index (χ2v) is 4.96. The Hall–Kier alpha value is -0.890. The summed E-state index contributed by atoms with van der Waals surface area (Å²) < 4.78 is 13.6. The Balaban J connectivity index is 2.56. The Morgan fingerprint density at radius 3 is 2.47 bits per heavy atom. The van der Waals surface area contributed by atoms with Crippen LogP contribution in [0.4, 0.5) is 4.39 Å². The zero-order chi connectivity index (χ0) is 12.8. The zero-order valence-electron chi connectivity index (χ0n) is 11.5. The van der Waals surface area contributed by atoms with E-state index in [1.807, 2.05) is 13.8 Å². The second kappa shape index (κ2) is 6.75. The molecule has 96 valence electrons. The van der Waals surface area contributed by atoms with Crippen LogP contribution in [0, 0.1) is 19.7 Å². The van der Waals surface area contributed by atoms with E-state index < -0.39 is 0 Å². The maximum Gasteiger partial charge on any atom is 0.126 e. The van der Waals surface area contributed by atoms with E-state index in [0.717, 1.165) is 29.8 Å². The van der Waals surface area contributed by atoms with Gasteiger partial charge < -0.3 is 4.90 Å². The molecule has 0 amide bonds. The highest BCUT2D eigenvalue weighted by Crippen LogP contribution is 2.16. The van der Waals surface area contributed by atoms with Crippen LogP contribution in [-0.2, 0) is 6.54 Å². The molecule has 0 saturated carbocycles. The summed E-state index contributed by atoms with van der Waals surface area (Å²) >= 11 is 0. The van der Waals surface area contributed by atoms with Gasteiger partial charge in [0.2, 0.25) is 0 Å². The molecule has 1 rings (SSSR count). The SMILES string of the molecule is CCCCCN(C)Cc1cc(C)c(C)c(F)c1. The zero-order valence-corrected chi connectivity index (χ0v) is 11.5. The molecular formula is C15H24FN. The molecule has 0 aliphatic heterocycles. The van der Waals surface area contributed by atoms with Crippen molar-refractivity contribution >= 4 is 0 Å². The van der Waals surface area contributed by atoms with Gasteiger partial charge in [0, 0.05) is 6.54 Å². The smallest absolute Gasteiger partial charge is 0.126 e. The van der Waals surface area contributed by atoms with Crippen LogP contribution < -0.4 is 0 Å². The molecule has 0 aromatic heterocycles. The summed E-state index contributed by atoms with van der Waals surface area (Å²) in [4.78, 5) is 2.26. The first-order valence-corrected chi connectivity index (χ1v) is 6.48. The Morgan fingerprint density at radius 2 is 1.88 bits per heavy atom. The van der Waals surface area contributed by atoms with Crippen molar-refractivity contribution in [2.24, 2.45) is 0 Å². The van der Waals surface area contributed by atoms with Crippen LogP contribution in [-0.4, -0.2) is 18.5 Å². The monoisotopic (exact) mass is 237 g/mol. The van der Waals surface area contributed by atoms with E-state index >= 15 is 0 Å². The van der Waals surface area contributed by atoms with E-state index in [1.165, 1.54) is 19.3 Å². The molecule has 0 heterocycles. The third-order valence-corrected chi connectivity index (χ3v) is 3.26. The fraction of sp³-hybridized carbons (Fsp3) is 0.600. The van der Waals surface area contributed by atoms with E-state index in [4.69, 9.17) is 0 Å². The summed E-state index contributed by atoms with van der Waals surface area (Å²) in [6.45, 7) is 7.93.